The van der Waals surface area contributed by atoms with E-state index in [-0.39, 0.29) is 17.7 Å². The first kappa shape index (κ1) is 16.4. The lowest BCUT2D eigenvalue weighted by molar-refractivity contribution is -0.122. The van der Waals surface area contributed by atoms with E-state index in [9.17, 15) is 4.79 Å². The monoisotopic (exact) mass is 347 g/mol. The van der Waals surface area contributed by atoms with Gasteiger partial charge in [0.05, 0.1) is 25.5 Å². The van der Waals surface area contributed by atoms with Gasteiger partial charge in [-0.25, -0.2) is 4.98 Å². The fourth-order valence-corrected chi connectivity index (χ4v) is 3.32. The van der Waals surface area contributed by atoms with Crippen molar-refractivity contribution < 1.29 is 9.53 Å². The SMILES string of the molecule is COc1ccccc1[C@H]1C[C@H]1C(=O)NCc1ncc(-c2ccccc2)[nH]1. The highest BCUT2D eigenvalue weighted by molar-refractivity contribution is 5.83. The molecule has 132 valence electrons. The van der Waals surface area contributed by atoms with Crippen molar-refractivity contribution in [3.8, 4) is 17.0 Å². The zero-order valence-corrected chi connectivity index (χ0v) is 14.6. The first-order valence-electron chi connectivity index (χ1n) is 8.76. The lowest BCUT2D eigenvalue weighted by Gasteiger charge is -2.07. The predicted molar refractivity (Wildman–Crippen MR) is 99.7 cm³/mol. The van der Waals surface area contributed by atoms with Crippen LogP contribution in [0.2, 0.25) is 0 Å². The molecule has 2 aromatic carbocycles. The summed E-state index contributed by atoms with van der Waals surface area (Å²) in [6, 6.07) is 17.9. The van der Waals surface area contributed by atoms with E-state index in [0.29, 0.717) is 6.54 Å². The second-order valence-electron chi connectivity index (χ2n) is 6.52. The molecule has 1 aliphatic carbocycles. The Bertz CT molecular complexity index is 904. The van der Waals surface area contributed by atoms with Gasteiger partial charge in [0, 0.05) is 5.92 Å². The van der Waals surface area contributed by atoms with Gasteiger partial charge in [0.1, 0.15) is 11.6 Å². The molecule has 26 heavy (non-hydrogen) atoms. The van der Waals surface area contributed by atoms with Crippen LogP contribution in [-0.4, -0.2) is 23.0 Å². The molecule has 1 heterocycles. The average molecular weight is 347 g/mol. The summed E-state index contributed by atoms with van der Waals surface area (Å²) < 4.78 is 5.40. The third-order valence-corrected chi connectivity index (χ3v) is 4.81. The van der Waals surface area contributed by atoms with Crippen LogP contribution in [-0.2, 0) is 11.3 Å². The highest BCUT2D eigenvalue weighted by Crippen LogP contribution is 2.50. The Hall–Kier alpha value is -3.08. The van der Waals surface area contributed by atoms with Gasteiger partial charge in [0.2, 0.25) is 5.91 Å². The number of nitrogens with one attached hydrogen (secondary N) is 2. The van der Waals surface area contributed by atoms with Gasteiger partial charge in [-0.15, -0.1) is 0 Å². The van der Waals surface area contributed by atoms with Crippen LogP contribution < -0.4 is 10.1 Å². The van der Waals surface area contributed by atoms with E-state index in [1.54, 1.807) is 13.3 Å². The van der Waals surface area contributed by atoms with Crippen LogP contribution >= 0.6 is 0 Å². The molecule has 1 saturated carbocycles. The molecule has 4 rings (SSSR count). The number of aromatic nitrogens is 2. The van der Waals surface area contributed by atoms with Crippen molar-refractivity contribution in [1.29, 1.82) is 0 Å². The number of hydrogen-bond donors (Lipinski definition) is 2. The standard InChI is InChI=1S/C21H21N3O2/c1-26-19-10-6-5-9-15(19)16-11-17(16)21(25)23-13-20-22-12-18(24-20)14-7-3-2-4-8-14/h2-10,12,16-17H,11,13H2,1H3,(H,22,24)(H,23,25)/t16-,17-/m1/s1. The number of H-pyrrole nitrogens is 1. The first-order valence-corrected chi connectivity index (χ1v) is 8.76. The number of ether oxygens (including phenoxy) is 1. The van der Waals surface area contributed by atoms with Gasteiger partial charge in [-0.05, 0) is 29.5 Å². The van der Waals surface area contributed by atoms with Crippen LogP contribution in [0.25, 0.3) is 11.3 Å². The van der Waals surface area contributed by atoms with Crippen molar-refractivity contribution in [3.05, 3.63) is 72.2 Å². The summed E-state index contributed by atoms with van der Waals surface area (Å²) in [5.41, 5.74) is 3.14. The number of benzene rings is 2. The molecule has 1 amide bonds. The number of aromatic amines is 1. The Balaban J connectivity index is 1.35. The van der Waals surface area contributed by atoms with Crippen molar-refractivity contribution in [1.82, 2.24) is 15.3 Å². The third-order valence-electron chi connectivity index (χ3n) is 4.81. The van der Waals surface area contributed by atoms with E-state index in [0.717, 1.165) is 34.8 Å². The smallest absolute Gasteiger partial charge is 0.224 e. The number of methoxy groups -OCH3 is 1. The van der Waals surface area contributed by atoms with E-state index in [2.05, 4.69) is 15.3 Å². The number of amides is 1. The maximum atomic E-state index is 12.4. The van der Waals surface area contributed by atoms with Crippen LogP contribution in [0, 0.1) is 5.92 Å². The van der Waals surface area contributed by atoms with Gasteiger partial charge in [0.25, 0.3) is 0 Å². The topological polar surface area (TPSA) is 67.0 Å². The lowest BCUT2D eigenvalue weighted by Crippen LogP contribution is -2.25. The van der Waals surface area contributed by atoms with Crippen LogP contribution in [0.15, 0.2) is 60.8 Å². The van der Waals surface area contributed by atoms with Crippen LogP contribution in [0.4, 0.5) is 0 Å². The summed E-state index contributed by atoms with van der Waals surface area (Å²) >= 11 is 0. The van der Waals surface area contributed by atoms with Gasteiger partial charge < -0.3 is 15.0 Å². The van der Waals surface area contributed by atoms with E-state index in [1.165, 1.54) is 0 Å². The largest absolute Gasteiger partial charge is 0.496 e. The summed E-state index contributed by atoms with van der Waals surface area (Å²) in [6.45, 7) is 0.404. The molecule has 1 fully saturated rings. The van der Waals surface area contributed by atoms with Crippen LogP contribution in [0.3, 0.4) is 0 Å². The number of hydrogen-bond acceptors (Lipinski definition) is 3. The number of para-hydroxylation sites is 1. The lowest BCUT2D eigenvalue weighted by atomic mass is 10.1. The van der Waals surface area contributed by atoms with Gasteiger partial charge in [-0.3, -0.25) is 4.79 Å². The number of imidazole rings is 1. The Labute approximate surface area is 152 Å². The second kappa shape index (κ2) is 7.04. The van der Waals surface area contributed by atoms with E-state index < -0.39 is 0 Å². The molecule has 0 spiro atoms. The molecule has 3 aromatic rings. The molecule has 0 saturated heterocycles. The molecule has 5 heteroatoms. The van der Waals surface area contributed by atoms with Crippen LogP contribution in [0.1, 0.15) is 23.7 Å². The zero-order valence-electron chi connectivity index (χ0n) is 14.6. The highest BCUT2D eigenvalue weighted by Gasteiger charge is 2.45. The number of rotatable bonds is 6. The molecule has 0 bridgehead atoms. The molecular weight excluding hydrogens is 326 g/mol. The maximum absolute atomic E-state index is 12.4. The fraction of sp³-hybridized carbons (Fsp3) is 0.238. The van der Waals surface area contributed by atoms with Gasteiger partial charge >= 0.3 is 0 Å². The molecule has 2 N–H and O–H groups in total. The van der Waals surface area contributed by atoms with Crippen molar-refractivity contribution in [2.45, 2.75) is 18.9 Å². The minimum absolute atomic E-state index is 0.00913. The van der Waals surface area contributed by atoms with E-state index in [4.69, 9.17) is 4.74 Å². The van der Waals surface area contributed by atoms with E-state index >= 15 is 0 Å². The molecule has 1 aliphatic rings. The first-order chi connectivity index (χ1) is 12.8. The third kappa shape index (κ3) is 3.33. The maximum Gasteiger partial charge on any atom is 0.224 e. The zero-order chi connectivity index (χ0) is 17.9. The summed E-state index contributed by atoms with van der Waals surface area (Å²) in [6.07, 6.45) is 2.66. The molecule has 0 unspecified atom stereocenters. The average Bonchev–Trinajstić information content (AvgIpc) is 3.36. The highest BCUT2D eigenvalue weighted by atomic mass is 16.5. The minimum Gasteiger partial charge on any atom is -0.496 e. The Morgan fingerprint density at radius 3 is 2.77 bits per heavy atom. The summed E-state index contributed by atoms with van der Waals surface area (Å²) in [5.74, 6) is 1.93. The molecular formula is C21H21N3O2. The molecule has 1 aromatic heterocycles. The van der Waals surface area contributed by atoms with Gasteiger partial charge in [0.15, 0.2) is 0 Å². The minimum atomic E-state index is 0.00913. The van der Waals surface area contributed by atoms with E-state index in [1.807, 2.05) is 54.6 Å². The van der Waals surface area contributed by atoms with Crippen molar-refractivity contribution in [2.24, 2.45) is 5.92 Å². The van der Waals surface area contributed by atoms with Gasteiger partial charge in [-0.1, -0.05) is 48.5 Å². The number of carbonyl (C=O) groups excluding carboxylic acids is 1. The number of carbonyl (C=O) groups is 1. The Morgan fingerprint density at radius 2 is 1.96 bits per heavy atom. The second-order valence-corrected chi connectivity index (χ2v) is 6.52. The molecule has 0 aliphatic heterocycles. The summed E-state index contributed by atoms with van der Waals surface area (Å²) in [5, 5.41) is 2.99. The summed E-state index contributed by atoms with van der Waals surface area (Å²) in [7, 11) is 1.66. The Morgan fingerprint density at radius 1 is 1.19 bits per heavy atom. The normalized spacial score (nSPS) is 18.3. The van der Waals surface area contributed by atoms with Crippen molar-refractivity contribution in [3.63, 3.8) is 0 Å². The fourth-order valence-electron chi connectivity index (χ4n) is 3.32. The molecule has 2 atom stereocenters. The quantitative estimate of drug-likeness (QED) is 0.717. The predicted octanol–water partition coefficient (Wildman–Crippen LogP) is 3.51. The Kier molecular flexibility index (Phi) is 4.44. The van der Waals surface area contributed by atoms with Crippen molar-refractivity contribution in [2.75, 3.05) is 7.11 Å². The number of nitrogens with zero attached hydrogens (tertiary/aromatic N) is 1. The van der Waals surface area contributed by atoms with Crippen LogP contribution in [0.5, 0.6) is 5.75 Å². The molecule has 5 nitrogen and oxygen atoms in total. The van der Waals surface area contributed by atoms with Gasteiger partial charge in [-0.2, -0.15) is 0 Å². The summed E-state index contributed by atoms with van der Waals surface area (Å²) in [4.78, 5) is 20.1. The van der Waals surface area contributed by atoms with Crippen molar-refractivity contribution >= 4 is 5.91 Å². The molecule has 0 radical (unpaired) electrons.